The lowest BCUT2D eigenvalue weighted by atomic mass is 9.96. The molecule has 0 saturated heterocycles. The lowest BCUT2D eigenvalue weighted by Gasteiger charge is -2.20. The molecule has 1 unspecified atom stereocenters. The van der Waals surface area contributed by atoms with Crippen molar-refractivity contribution in [3.63, 3.8) is 0 Å². The van der Waals surface area contributed by atoms with E-state index in [2.05, 4.69) is 26.1 Å². The van der Waals surface area contributed by atoms with Crippen molar-refractivity contribution in [1.82, 2.24) is 5.32 Å². The number of rotatable bonds is 14. The fraction of sp³-hybridized carbons (Fsp3) is 1.00. The van der Waals surface area contributed by atoms with Crippen LogP contribution in [0.3, 0.4) is 0 Å². The van der Waals surface area contributed by atoms with Crippen LogP contribution in [0.5, 0.6) is 0 Å². The van der Waals surface area contributed by atoms with Gasteiger partial charge in [0.1, 0.15) is 0 Å². The van der Waals surface area contributed by atoms with Crippen LogP contribution in [0.25, 0.3) is 0 Å². The third-order valence-corrected chi connectivity index (χ3v) is 4.15. The second-order valence-corrected chi connectivity index (χ2v) is 5.82. The van der Waals surface area contributed by atoms with Crippen molar-refractivity contribution in [3.05, 3.63) is 0 Å². The first-order valence-corrected chi connectivity index (χ1v) is 8.64. The maximum atomic E-state index is 9.97. The molecule has 0 saturated carbocycles. The molecule has 0 aromatic carbocycles. The summed E-state index contributed by atoms with van der Waals surface area (Å²) in [5.41, 5.74) is 0. The van der Waals surface area contributed by atoms with Crippen molar-refractivity contribution >= 4 is 0 Å². The summed E-state index contributed by atoms with van der Waals surface area (Å²) in [5.74, 6) is 0.464. The molecule has 2 heteroatoms. The Bertz CT molecular complexity index is 169. The average Bonchev–Trinajstić information content (AvgIpc) is 2.42. The van der Waals surface area contributed by atoms with E-state index in [0.717, 1.165) is 25.9 Å². The first-order chi connectivity index (χ1) is 9.26. The first kappa shape index (κ1) is 18.9. The molecule has 0 aromatic heterocycles. The van der Waals surface area contributed by atoms with E-state index in [1.165, 1.54) is 51.4 Å². The standard InChI is InChI=1S/C17H37NO/c1-4-7-8-9-10-11-12-13-14-18-15-17(19)16(5-2)6-3/h16-19H,4-15H2,1-3H3. The number of nitrogens with one attached hydrogen (secondary N) is 1. The summed E-state index contributed by atoms with van der Waals surface area (Å²) in [6, 6.07) is 0. The van der Waals surface area contributed by atoms with Gasteiger partial charge in [0, 0.05) is 6.54 Å². The Labute approximate surface area is 121 Å². The Hall–Kier alpha value is -0.0800. The summed E-state index contributed by atoms with van der Waals surface area (Å²) in [4.78, 5) is 0. The summed E-state index contributed by atoms with van der Waals surface area (Å²) < 4.78 is 0. The number of aliphatic hydroxyl groups is 1. The number of hydrogen-bond acceptors (Lipinski definition) is 2. The molecule has 19 heavy (non-hydrogen) atoms. The molecule has 2 N–H and O–H groups in total. The van der Waals surface area contributed by atoms with E-state index >= 15 is 0 Å². The van der Waals surface area contributed by atoms with Crippen LogP contribution in [0.15, 0.2) is 0 Å². The molecule has 0 fully saturated rings. The van der Waals surface area contributed by atoms with Gasteiger partial charge in [0.05, 0.1) is 6.10 Å². The van der Waals surface area contributed by atoms with Crippen LogP contribution >= 0.6 is 0 Å². The highest BCUT2D eigenvalue weighted by Crippen LogP contribution is 2.12. The van der Waals surface area contributed by atoms with E-state index in [0.29, 0.717) is 5.92 Å². The van der Waals surface area contributed by atoms with Gasteiger partial charge in [-0.1, -0.05) is 78.6 Å². The Morgan fingerprint density at radius 3 is 1.84 bits per heavy atom. The van der Waals surface area contributed by atoms with Crippen molar-refractivity contribution in [1.29, 1.82) is 0 Å². The van der Waals surface area contributed by atoms with Gasteiger partial charge in [0.15, 0.2) is 0 Å². The molecule has 0 amide bonds. The van der Waals surface area contributed by atoms with E-state index in [9.17, 15) is 5.11 Å². The SMILES string of the molecule is CCCCCCCCCCNCC(O)C(CC)CC. The molecule has 0 rings (SSSR count). The molecule has 2 nitrogen and oxygen atoms in total. The largest absolute Gasteiger partial charge is 0.392 e. The molecule has 0 spiro atoms. The Kier molecular flexibility index (Phi) is 14.3. The van der Waals surface area contributed by atoms with Crippen LogP contribution in [-0.2, 0) is 0 Å². The van der Waals surface area contributed by atoms with Crippen LogP contribution < -0.4 is 5.32 Å². The number of aliphatic hydroxyl groups excluding tert-OH is 1. The second kappa shape index (κ2) is 14.3. The van der Waals surface area contributed by atoms with Crippen LogP contribution in [0.4, 0.5) is 0 Å². The van der Waals surface area contributed by atoms with Crippen LogP contribution in [0.2, 0.25) is 0 Å². The van der Waals surface area contributed by atoms with Gasteiger partial charge >= 0.3 is 0 Å². The summed E-state index contributed by atoms with van der Waals surface area (Å²) in [7, 11) is 0. The van der Waals surface area contributed by atoms with E-state index in [-0.39, 0.29) is 6.10 Å². The molecule has 0 aliphatic heterocycles. The lowest BCUT2D eigenvalue weighted by Crippen LogP contribution is -2.33. The van der Waals surface area contributed by atoms with E-state index in [4.69, 9.17) is 0 Å². The fourth-order valence-electron chi connectivity index (χ4n) is 2.63. The Morgan fingerprint density at radius 2 is 1.32 bits per heavy atom. The molecule has 0 bridgehead atoms. The molecule has 0 heterocycles. The second-order valence-electron chi connectivity index (χ2n) is 5.82. The van der Waals surface area contributed by atoms with E-state index in [1.54, 1.807) is 0 Å². The maximum absolute atomic E-state index is 9.97. The fourth-order valence-corrected chi connectivity index (χ4v) is 2.63. The summed E-state index contributed by atoms with van der Waals surface area (Å²) >= 11 is 0. The highest BCUT2D eigenvalue weighted by atomic mass is 16.3. The van der Waals surface area contributed by atoms with Crippen molar-refractivity contribution < 1.29 is 5.11 Å². The van der Waals surface area contributed by atoms with Gasteiger partial charge in [-0.3, -0.25) is 0 Å². The quantitative estimate of drug-likeness (QED) is 0.455. The first-order valence-electron chi connectivity index (χ1n) is 8.64. The van der Waals surface area contributed by atoms with Crippen molar-refractivity contribution in [2.45, 2.75) is 91.1 Å². The minimum absolute atomic E-state index is 0.163. The third kappa shape index (κ3) is 11.4. The highest BCUT2D eigenvalue weighted by molar-refractivity contribution is 4.68. The van der Waals surface area contributed by atoms with Crippen LogP contribution in [-0.4, -0.2) is 24.3 Å². The maximum Gasteiger partial charge on any atom is 0.0692 e. The summed E-state index contributed by atoms with van der Waals surface area (Å²) in [6.07, 6.45) is 12.9. The van der Waals surface area contributed by atoms with Gasteiger partial charge < -0.3 is 10.4 Å². The molecule has 116 valence electrons. The zero-order chi connectivity index (χ0) is 14.3. The van der Waals surface area contributed by atoms with Crippen LogP contribution in [0.1, 0.15) is 85.0 Å². The molecule has 0 aliphatic rings. The molecule has 0 aromatic rings. The predicted octanol–water partition coefficient (Wildman–Crippen LogP) is 4.51. The zero-order valence-electron chi connectivity index (χ0n) is 13.6. The molecule has 0 radical (unpaired) electrons. The summed E-state index contributed by atoms with van der Waals surface area (Å²) in [5, 5.41) is 13.4. The molecular weight excluding hydrogens is 234 g/mol. The van der Waals surface area contributed by atoms with Gasteiger partial charge in [-0.15, -0.1) is 0 Å². The summed E-state index contributed by atoms with van der Waals surface area (Å²) in [6.45, 7) is 8.42. The topological polar surface area (TPSA) is 32.3 Å². The van der Waals surface area contributed by atoms with Crippen molar-refractivity contribution in [2.75, 3.05) is 13.1 Å². The monoisotopic (exact) mass is 271 g/mol. The van der Waals surface area contributed by atoms with Gasteiger partial charge in [-0.2, -0.15) is 0 Å². The van der Waals surface area contributed by atoms with Crippen molar-refractivity contribution in [2.24, 2.45) is 5.92 Å². The van der Waals surface area contributed by atoms with Crippen molar-refractivity contribution in [3.8, 4) is 0 Å². The molecular formula is C17H37NO. The lowest BCUT2D eigenvalue weighted by molar-refractivity contribution is 0.101. The Morgan fingerprint density at radius 1 is 0.789 bits per heavy atom. The van der Waals surface area contributed by atoms with Gasteiger partial charge in [-0.05, 0) is 18.9 Å². The third-order valence-electron chi connectivity index (χ3n) is 4.15. The van der Waals surface area contributed by atoms with Gasteiger partial charge in [-0.25, -0.2) is 0 Å². The van der Waals surface area contributed by atoms with Gasteiger partial charge in [0.2, 0.25) is 0 Å². The number of hydrogen-bond donors (Lipinski definition) is 2. The molecule has 1 atom stereocenters. The van der Waals surface area contributed by atoms with Crippen LogP contribution in [0, 0.1) is 5.92 Å². The molecule has 0 aliphatic carbocycles. The zero-order valence-corrected chi connectivity index (χ0v) is 13.6. The minimum Gasteiger partial charge on any atom is -0.392 e. The highest BCUT2D eigenvalue weighted by Gasteiger charge is 2.14. The normalized spacial score (nSPS) is 13.1. The predicted molar refractivity (Wildman–Crippen MR) is 85.6 cm³/mol. The van der Waals surface area contributed by atoms with E-state index in [1.807, 2.05) is 0 Å². The number of unbranched alkanes of at least 4 members (excludes halogenated alkanes) is 7. The average molecular weight is 271 g/mol. The smallest absolute Gasteiger partial charge is 0.0692 e. The van der Waals surface area contributed by atoms with E-state index < -0.39 is 0 Å². The minimum atomic E-state index is -0.163. The Balaban J connectivity index is 3.22. The van der Waals surface area contributed by atoms with Gasteiger partial charge in [0.25, 0.3) is 0 Å².